The minimum atomic E-state index is -0.464. The van der Waals surface area contributed by atoms with Crippen molar-refractivity contribution in [1.82, 2.24) is 14.7 Å². The van der Waals surface area contributed by atoms with E-state index in [9.17, 15) is 4.79 Å². The van der Waals surface area contributed by atoms with Crippen molar-refractivity contribution in [3.63, 3.8) is 0 Å². The Morgan fingerprint density at radius 1 is 1.45 bits per heavy atom. The highest BCUT2D eigenvalue weighted by Crippen LogP contribution is 2.12. The molecule has 114 valence electrons. The minimum Gasteiger partial charge on any atom is -0.478 e. The second-order valence-corrected chi connectivity index (χ2v) is 5.85. The zero-order valence-electron chi connectivity index (χ0n) is 13.3. The molecule has 0 N–H and O–H groups in total. The van der Waals surface area contributed by atoms with Gasteiger partial charge in [-0.3, -0.25) is 0 Å². The summed E-state index contributed by atoms with van der Waals surface area (Å²) >= 11 is 0. The molecule has 20 heavy (non-hydrogen) atoms. The predicted octanol–water partition coefficient (Wildman–Crippen LogP) is 2.36. The highest BCUT2D eigenvalue weighted by Gasteiger charge is 2.19. The Bertz CT molecular complexity index is 449. The van der Waals surface area contributed by atoms with Crippen molar-refractivity contribution in [3.05, 3.63) is 11.8 Å². The highest BCUT2D eigenvalue weighted by atomic mass is 16.6. The third kappa shape index (κ3) is 5.50. The van der Waals surface area contributed by atoms with Crippen molar-refractivity contribution >= 4 is 6.09 Å². The summed E-state index contributed by atoms with van der Waals surface area (Å²) in [5.74, 6) is 0.738. The van der Waals surface area contributed by atoms with Crippen LogP contribution in [0.2, 0.25) is 0 Å². The van der Waals surface area contributed by atoms with E-state index in [2.05, 4.69) is 5.10 Å². The molecule has 0 atom stereocenters. The Kier molecular flexibility index (Phi) is 5.42. The standard InChI is InChI=1S/C14H25N3O3/c1-11-10-12(17(6)15-11)19-9-7-8-16(5)13(18)20-14(2,3)4/h10H,7-9H2,1-6H3. The number of aromatic nitrogens is 2. The number of hydrogen-bond acceptors (Lipinski definition) is 4. The number of hydrogen-bond donors (Lipinski definition) is 0. The normalized spacial score (nSPS) is 11.3. The van der Waals surface area contributed by atoms with Crippen LogP contribution in [0.1, 0.15) is 32.9 Å². The summed E-state index contributed by atoms with van der Waals surface area (Å²) in [6.07, 6.45) is 0.425. The molecule has 0 radical (unpaired) electrons. The first-order valence-corrected chi connectivity index (χ1v) is 6.76. The largest absolute Gasteiger partial charge is 0.478 e. The van der Waals surface area contributed by atoms with Crippen LogP contribution in [-0.2, 0) is 11.8 Å². The van der Waals surface area contributed by atoms with E-state index in [0.717, 1.165) is 18.0 Å². The molecule has 0 unspecified atom stereocenters. The van der Waals surface area contributed by atoms with Crippen LogP contribution in [0.3, 0.4) is 0 Å². The molecule has 0 bridgehead atoms. The van der Waals surface area contributed by atoms with Gasteiger partial charge in [0.15, 0.2) is 0 Å². The van der Waals surface area contributed by atoms with Gasteiger partial charge < -0.3 is 14.4 Å². The van der Waals surface area contributed by atoms with Gasteiger partial charge in [0, 0.05) is 26.7 Å². The summed E-state index contributed by atoms with van der Waals surface area (Å²) in [7, 11) is 3.57. The van der Waals surface area contributed by atoms with Gasteiger partial charge in [-0.1, -0.05) is 0 Å². The van der Waals surface area contributed by atoms with Crippen molar-refractivity contribution in [1.29, 1.82) is 0 Å². The molecule has 0 aliphatic rings. The van der Waals surface area contributed by atoms with Crippen molar-refractivity contribution in [2.24, 2.45) is 7.05 Å². The Morgan fingerprint density at radius 2 is 2.10 bits per heavy atom. The molecular formula is C14H25N3O3. The zero-order chi connectivity index (χ0) is 15.3. The number of carbonyl (C=O) groups excluding carboxylic acids is 1. The fourth-order valence-corrected chi connectivity index (χ4v) is 1.63. The SMILES string of the molecule is Cc1cc(OCCCN(C)C(=O)OC(C)(C)C)n(C)n1. The van der Waals surface area contributed by atoms with Gasteiger partial charge in [-0.2, -0.15) is 5.10 Å². The topological polar surface area (TPSA) is 56.6 Å². The molecule has 0 aliphatic heterocycles. The maximum Gasteiger partial charge on any atom is 0.410 e. The van der Waals surface area contributed by atoms with E-state index in [1.165, 1.54) is 0 Å². The summed E-state index contributed by atoms with van der Waals surface area (Å²) in [6, 6.07) is 1.89. The number of ether oxygens (including phenoxy) is 2. The van der Waals surface area contributed by atoms with Crippen LogP contribution in [0.15, 0.2) is 6.07 Å². The van der Waals surface area contributed by atoms with Gasteiger partial charge in [-0.15, -0.1) is 0 Å². The molecule has 6 nitrogen and oxygen atoms in total. The smallest absolute Gasteiger partial charge is 0.410 e. The number of carbonyl (C=O) groups is 1. The average molecular weight is 283 g/mol. The summed E-state index contributed by atoms with van der Waals surface area (Å²) < 4.78 is 12.6. The number of rotatable bonds is 5. The average Bonchev–Trinajstić information content (AvgIpc) is 2.60. The van der Waals surface area contributed by atoms with E-state index >= 15 is 0 Å². The molecule has 0 saturated carbocycles. The van der Waals surface area contributed by atoms with Crippen LogP contribution < -0.4 is 4.74 Å². The van der Waals surface area contributed by atoms with Crippen molar-refractivity contribution in [2.75, 3.05) is 20.2 Å². The first kappa shape index (κ1) is 16.3. The van der Waals surface area contributed by atoms with Gasteiger partial charge in [-0.05, 0) is 34.1 Å². The Morgan fingerprint density at radius 3 is 2.60 bits per heavy atom. The second kappa shape index (κ2) is 6.63. The summed E-state index contributed by atoms with van der Waals surface area (Å²) in [5, 5.41) is 4.20. The van der Waals surface area contributed by atoms with Crippen LogP contribution in [0.5, 0.6) is 5.88 Å². The zero-order valence-corrected chi connectivity index (χ0v) is 13.3. The summed E-state index contributed by atoms with van der Waals surface area (Å²) in [4.78, 5) is 13.3. The molecule has 0 aliphatic carbocycles. The van der Waals surface area contributed by atoms with E-state index in [1.54, 1.807) is 16.6 Å². The molecule has 0 aromatic carbocycles. The summed E-state index contributed by atoms with van der Waals surface area (Å²) in [6.45, 7) is 8.60. The van der Waals surface area contributed by atoms with E-state index in [0.29, 0.717) is 13.2 Å². The Hall–Kier alpha value is -1.72. The van der Waals surface area contributed by atoms with Crippen molar-refractivity contribution in [2.45, 2.75) is 39.7 Å². The molecule has 0 saturated heterocycles. The highest BCUT2D eigenvalue weighted by molar-refractivity contribution is 5.67. The van der Waals surface area contributed by atoms with Crippen molar-refractivity contribution in [3.8, 4) is 5.88 Å². The van der Waals surface area contributed by atoms with Crippen LogP contribution in [-0.4, -0.2) is 46.6 Å². The molecule has 1 rings (SSSR count). The molecule has 0 spiro atoms. The molecule has 1 heterocycles. The molecule has 1 aromatic rings. The summed E-state index contributed by atoms with van der Waals surface area (Å²) in [5.41, 5.74) is 0.460. The molecule has 6 heteroatoms. The lowest BCUT2D eigenvalue weighted by molar-refractivity contribution is 0.0291. The van der Waals surface area contributed by atoms with Gasteiger partial charge in [-0.25, -0.2) is 9.48 Å². The number of amides is 1. The third-order valence-electron chi connectivity index (χ3n) is 2.55. The monoisotopic (exact) mass is 283 g/mol. The third-order valence-corrected chi connectivity index (χ3v) is 2.55. The predicted molar refractivity (Wildman–Crippen MR) is 76.9 cm³/mol. The maximum absolute atomic E-state index is 11.7. The van der Waals surface area contributed by atoms with Crippen molar-refractivity contribution < 1.29 is 14.3 Å². The molecular weight excluding hydrogens is 258 g/mol. The molecule has 0 fully saturated rings. The van der Waals surface area contributed by atoms with Gasteiger partial charge in [0.1, 0.15) is 5.60 Å². The lowest BCUT2D eigenvalue weighted by atomic mass is 10.2. The van der Waals surface area contributed by atoms with Gasteiger partial charge in [0.25, 0.3) is 0 Å². The molecule has 1 aromatic heterocycles. The van der Waals surface area contributed by atoms with Gasteiger partial charge in [0.2, 0.25) is 5.88 Å². The van der Waals surface area contributed by atoms with Crippen LogP contribution in [0, 0.1) is 6.92 Å². The fourth-order valence-electron chi connectivity index (χ4n) is 1.63. The van der Waals surface area contributed by atoms with E-state index in [-0.39, 0.29) is 6.09 Å². The lowest BCUT2D eigenvalue weighted by Gasteiger charge is -2.24. The lowest BCUT2D eigenvalue weighted by Crippen LogP contribution is -2.35. The molecule has 1 amide bonds. The van der Waals surface area contributed by atoms with E-state index < -0.39 is 5.60 Å². The Labute approximate surface area is 120 Å². The fraction of sp³-hybridized carbons (Fsp3) is 0.714. The van der Waals surface area contributed by atoms with Crippen LogP contribution >= 0.6 is 0 Å². The van der Waals surface area contributed by atoms with Gasteiger partial charge >= 0.3 is 6.09 Å². The van der Waals surface area contributed by atoms with Gasteiger partial charge in [0.05, 0.1) is 12.3 Å². The maximum atomic E-state index is 11.7. The first-order valence-electron chi connectivity index (χ1n) is 6.76. The second-order valence-electron chi connectivity index (χ2n) is 5.85. The number of nitrogens with zero attached hydrogens (tertiary/aromatic N) is 3. The minimum absolute atomic E-state index is 0.311. The van der Waals surface area contributed by atoms with Crippen LogP contribution in [0.4, 0.5) is 4.79 Å². The van der Waals surface area contributed by atoms with E-state index in [1.807, 2.05) is 40.8 Å². The van der Waals surface area contributed by atoms with Crippen LogP contribution in [0.25, 0.3) is 0 Å². The number of aryl methyl sites for hydroxylation is 2. The Balaban J connectivity index is 2.27. The first-order chi connectivity index (χ1) is 9.19. The quantitative estimate of drug-likeness (QED) is 0.778. The van der Waals surface area contributed by atoms with E-state index in [4.69, 9.17) is 9.47 Å².